The molecule has 1 atom stereocenters. The molecule has 0 aliphatic rings. The van der Waals surface area contributed by atoms with Gasteiger partial charge in [-0.1, -0.05) is 68.7 Å². The van der Waals surface area contributed by atoms with E-state index in [2.05, 4.69) is 61.5 Å². The average Bonchev–Trinajstić information content (AvgIpc) is 2.52. The van der Waals surface area contributed by atoms with Crippen molar-refractivity contribution in [2.24, 2.45) is 0 Å². The van der Waals surface area contributed by atoms with Crippen molar-refractivity contribution in [1.82, 2.24) is 0 Å². The number of benzene rings is 3. The van der Waals surface area contributed by atoms with Gasteiger partial charge >= 0.3 is 0 Å². The lowest BCUT2D eigenvalue weighted by atomic mass is 9.96. The zero-order valence-electron chi connectivity index (χ0n) is 12.5. The van der Waals surface area contributed by atoms with Crippen molar-refractivity contribution in [3.63, 3.8) is 0 Å². The molecule has 0 nitrogen and oxygen atoms in total. The molecule has 0 fully saturated rings. The van der Waals surface area contributed by atoms with Gasteiger partial charge in [0, 0.05) is 5.25 Å². The maximum absolute atomic E-state index is 4.86. The first-order valence-electron chi connectivity index (χ1n) is 7.89. The topological polar surface area (TPSA) is 0 Å². The fourth-order valence-corrected chi connectivity index (χ4v) is 3.43. The summed E-state index contributed by atoms with van der Waals surface area (Å²) in [5.74, 6) is 0. The van der Waals surface area contributed by atoms with Gasteiger partial charge in [-0.2, -0.15) is 12.6 Å². The van der Waals surface area contributed by atoms with E-state index in [1.807, 2.05) is 0 Å². The molecule has 1 unspecified atom stereocenters. The molecule has 0 saturated carbocycles. The lowest BCUT2D eigenvalue weighted by molar-refractivity contribution is 0.663. The summed E-state index contributed by atoms with van der Waals surface area (Å²) in [5, 5.41) is 5.63. The summed E-state index contributed by atoms with van der Waals surface area (Å²) >= 11 is 4.86. The largest absolute Gasteiger partial charge is 0.171 e. The van der Waals surface area contributed by atoms with Gasteiger partial charge in [0.1, 0.15) is 0 Å². The molecule has 0 N–H and O–H groups in total. The Hall–Kier alpha value is -1.47. The Morgan fingerprint density at radius 1 is 0.857 bits per heavy atom. The SMILES string of the molecule is CCCCCC(S)c1cccc2cc3ccccc3cc12. The van der Waals surface area contributed by atoms with Gasteiger partial charge in [-0.15, -0.1) is 0 Å². The Bertz CT molecular complexity index is 745. The van der Waals surface area contributed by atoms with Crippen LogP contribution >= 0.6 is 12.6 Å². The van der Waals surface area contributed by atoms with Crippen LogP contribution in [0, 0.1) is 0 Å². The Labute approximate surface area is 132 Å². The highest BCUT2D eigenvalue weighted by molar-refractivity contribution is 7.80. The minimum atomic E-state index is 0.335. The summed E-state index contributed by atoms with van der Waals surface area (Å²) in [6.07, 6.45) is 4.98. The van der Waals surface area contributed by atoms with E-state index < -0.39 is 0 Å². The van der Waals surface area contributed by atoms with Crippen molar-refractivity contribution < 1.29 is 0 Å². The number of fused-ring (bicyclic) bond motifs is 2. The molecule has 3 aromatic carbocycles. The molecule has 0 spiro atoms. The zero-order chi connectivity index (χ0) is 14.7. The minimum absolute atomic E-state index is 0.335. The maximum atomic E-state index is 4.86. The zero-order valence-corrected chi connectivity index (χ0v) is 13.4. The second-order valence-corrected chi connectivity index (χ2v) is 6.40. The standard InChI is InChI=1S/C20H22S/c1-2-3-4-12-20(21)18-11-7-10-17-13-15-8-5-6-9-16(15)14-19(17)18/h5-11,13-14,20-21H,2-4,12H2,1H3. The first kappa shape index (κ1) is 14.5. The quantitative estimate of drug-likeness (QED) is 0.308. The van der Waals surface area contributed by atoms with Gasteiger partial charge < -0.3 is 0 Å². The molecular formula is C20H22S. The molecule has 0 radical (unpaired) electrons. The summed E-state index contributed by atoms with van der Waals surface area (Å²) in [4.78, 5) is 0. The predicted molar refractivity (Wildman–Crippen MR) is 97.3 cm³/mol. The Morgan fingerprint density at radius 3 is 2.33 bits per heavy atom. The molecule has 1 heteroatoms. The van der Waals surface area contributed by atoms with Gasteiger partial charge in [0.15, 0.2) is 0 Å². The van der Waals surface area contributed by atoms with Crippen LogP contribution in [0.15, 0.2) is 54.6 Å². The van der Waals surface area contributed by atoms with E-state index >= 15 is 0 Å². The van der Waals surface area contributed by atoms with Gasteiger partial charge in [0.05, 0.1) is 0 Å². The molecule has 3 aromatic rings. The number of rotatable bonds is 5. The summed E-state index contributed by atoms with van der Waals surface area (Å²) in [7, 11) is 0. The highest BCUT2D eigenvalue weighted by Crippen LogP contribution is 2.34. The molecule has 3 rings (SSSR count). The van der Waals surface area contributed by atoms with Crippen LogP contribution in [0.4, 0.5) is 0 Å². The van der Waals surface area contributed by atoms with Gasteiger partial charge in [-0.25, -0.2) is 0 Å². The van der Waals surface area contributed by atoms with Crippen molar-refractivity contribution in [1.29, 1.82) is 0 Å². The van der Waals surface area contributed by atoms with Gasteiger partial charge in [-0.3, -0.25) is 0 Å². The molecular weight excluding hydrogens is 272 g/mol. The summed E-state index contributed by atoms with van der Waals surface area (Å²) in [6, 6.07) is 19.8. The van der Waals surface area contributed by atoms with E-state index in [1.54, 1.807) is 0 Å². The van der Waals surface area contributed by atoms with Gasteiger partial charge in [0.2, 0.25) is 0 Å². The average molecular weight is 294 g/mol. The highest BCUT2D eigenvalue weighted by Gasteiger charge is 2.10. The molecule has 0 aliphatic heterocycles. The van der Waals surface area contributed by atoms with Crippen LogP contribution in [0.5, 0.6) is 0 Å². The summed E-state index contributed by atoms with van der Waals surface area (Å²) in [5.41, 5.74) is 1.37. The molecule has 0 heterocycles. The van der Waals surface area contributed by atoms with Crippen LogP contribution in [0.3, 0.4) is 0 Å². The fourth-order valence-electron chi connectivity index (χ4n) is 3.02. The third kappa shape index (κ3) is 3.08. The van der Waals surface area contributed by atoms with Crippen molar-refractivity contribution in [2.45, 2.75) is 37.9 Å². The van der Waals surface area contributed by atoms with Crippen LogP contribution in [0.2, 0.25) is 0 Å². The van der Waals surface area contributed by atoms with Crippen LogP contribution in [-0.2, 0) is 0 Å². The molecule has 0 aromatic heterocycles. The molecule has 0 bridgehead atoms. The van der Waals surface area contributed by atoms with Crippen LogP contribution < -0.4 is 0 Å². The van der Waals surface area contributed by atoms with E-state index in [-0.39, 0.29) is 0 Å². The predicted octanol–water partition coefficient (Wildman–Crippen LogP) is 6.54. The van der Waals surface area contributed by atoms with Crippen LogP contribution in [0.1, 0.15) is 43.4 Å². The number of hydrogen-bond acceptors (Lipinski definition) is 1. The molecule has 0 saturated heterocycles. The lowest BCUT2D eigenvalue weighted by Gasteiger charge is -2.14. The highest BCUT2D eigenvalue weighted by atomic mass is 32.1. The maximum Gasteiger partial charge on any atom is 0.0273 e. The molecule has 108 valence electrons. The Kier molecular flexibility index (Phi) is 4.50. The van der Waals surface area contributed by atoms with Gasteiger partial charge in [0.25, 0.3) is 0 Å². The Balaban J connectivity index is 2.04. The second kappa shape index (κ2) is 6.53. The van der Waals surface area contributed by atoms with Crippen LogP contribution in [0.25, 0.3) is 21.5 Å². The Morgan fingerprint density at radius 2 is 1.57 bits per heavy atom. The first-order valence-corrected chi connectivity index (χ1v) is 8.40. The second-order valence-electron chi connectivity index (χ2n) is 5.78. The summed E-state index contributed by atoms with van der Waals surface area (Å²) < 4.78 is 0. The van der Waals surface area contributed by atoms with E-state index in [1.165, 1.54) is 46.4 Å². The normalized spacial score (nSPS) is 12.9. The van der Waals surface area contributed by atoms with Crippen molar-refractivity contribution in [3.05, 3.63) is 60.2 Å². The first-order chi connectivity index (χ1) is 10.3. The monoisotopic (exact) mass is 294 g/mol. The minimum Gasteiger partial charge on any atom is -0.171 e. The van der Waals surface area contributed by atoms with E-state index in [0.717, 1.165) is 6.42 Å². The lowest BCUT2D eigenvalue weighted by Crippen LogP contribution is -1.93. The molecule has 21 heavy (non-hydrogen) atoms. The van der Waals surface area contributed by atoms with E-state index in [0.29, 0.717) is 5.25 Å². The molecule has 0 aliphatic carbocycles. The number of hydrogen-bond donors (Lipinski definition) is 1. The smallest absolute Gasteiger partial charge is 0.0273 e. The van der Waals surface area contributed by atoms with E-state index in [4.69, 9.17) is 12.6 Å². The fraction of sp³-hybridized carbons (Fsp3) is 0.300. The van der Waals surface area contributed by atoms with Crippen molar-refractivity contribution in [3.8, 4) is 0 Å². The third-order valence-electron chi connectivity index (χ3n) is 4.22. The summed E-state index contributed by atoms with van der Waals surface area (Å²) in [6.45, 7) is 2.25. The number of unbranched alkanes of at least 4 members (excludes halogenated alkanes) is 2. The third-order valence-corrected chi connectivity index (χ3v) is 4.76. The van der Waals surface area contributed by atoms with Crippen molar-refractivity contribution >= 4 is 34.2 Å². The van der Waals surface area contributed by atoms with E-state index in [9.17, 15) is 0 Å². The van der Waals surface area contributed by atoms with Gasteiger partial charge in [-0.05, 0) is 45.7 Å². The number of thiol groups is 1. The molecule has 0 amide bonds. The van der Waals surface area contributed by atoms with Crippen LogP contribution in [-0.4, -0.2) is 0 Å². The van der Waals surface area contributed by atoms with Crippen molar-refractivity contribution in [2.75, 3.05) is 0 Å².